The number of carbonyl (C=O) groups excluding carboxylic acids is 3. The van der Waals surface area contributed by atoms with E-state index in [1.54, 1.807) is 77.5 Å². The van der Waals surface area contributed by atoms with E-state index >= 15 is 0 Å². The number of nitrogens with zero attached hydrogens (tertiary/aromatic N) is 4. The van der Waals surface area contributed by atoms with Crippen molar-refractivity contribution in [1.82, 2.24) is 30.2 Å². The lowest BCUT2D eigenvalue weighted by Crippen LogP contribution is -2.24. The van der Waals surface area contributed by atoms with Gasteiger partial charge in [-0.3, -0.25) is 19.2 Å². The second-order valence-electron chi connectivity index (χ2n) is 15.5. The summed E-state index contributed by atoms with van der Waals surface area (Å²) in [6.07, 6.45) is -8.58. The summed E-state index contributed by atoms with van der Waals surface area (Å²) in [6, 6.07) is 28.0. The molecule has 6 aromatic rings. The molecule has 8 rings (SSSR count). The maximum Gasteiger partial charge on any atom is 0.411 e. The van der Waals surface area contributed by atoms with Crippen LogP contribution in [0.5, 0.6) is 0 Å². The van der Waals surface area contributed by atoms with Gasteiger partial charge in [-0.1, -0.05) is 36.4 Å². The van der Waals surface area contributed by atoms with E-state index in [1.807, 2.05) is 0 Å². The van der Waals surface area contributed by atoms with Crippen LogP contribution in [0.25, 0.3) is 33.9 Å². The highest BCUT2D eigenvalue weighted by Gasteiger charge is 2.30. The average molecular weight is 971 g/mol. The highest BCUT2D eigenvalue weighted by Crippen LogP contribution is 2.29. The van der Waals surface area contributed by atoms with Gasteiger partial charge >= 0.3 is 18.3 Å². The summed E-state index contributed by atoms with van der Waals surface area (Å²) >= 11 is 0. The van der Waals surface area contributed by atoms with Crippen LogP contribution >= 0.6 is 0 Å². The van der Waals surface area contributed by atoms with Crippen molar-refractivity contribution >= 4 is 35.3 Å². The van der Waals surface area contributed by atoms with Crippen LogP contribution in [0.2, 0.25) is 0 Å². The molecule has 6 N–H and O–H groups in total. The van der Waals surface area contributed by atoms with Gasteiger partial charge in [-0.2, -0.15) is 31.4 Å². The molecule has 2 atom stereocenters. The quantitative estimate of drug-likeness (QED) is 0.0727. The van der Waals surface area contributed by atoms with Gasteiger partial charge in [0.05, 0.1) is 47.8 Å². The first kappa shape index (κ1) is 50.7. The number of amides is 3. The lowest BCUT2D eigenvalue weighted by Gasteiger charge is -2.10. The second kappa shape index (κ2) is 22.4. The van der Waals surface area contributed by atoms with Gasteiger partial charge in [0.15, 0.2) is 5.82 Å². The van der Waals surface area contributed by atoms with Crippen molar-refractivity contribution in [3.63, 3.8) is 0 Å². The Morgan fingerprint density at radius 1 is 0.667 bits per heavy atom. The molecule has 2 saturated heterocycles. The Labute approximate surface area is 387 Å². The molecule has 2 fully saturated rings. The monoisotopic (exact) mass is 970 g/mol. The number of benzene rings is 4. The molecule has 0 unspecified atom stereocenters. The maximum atomic E-state index is 13.4. The maximum absolute atomic E-state index is 13.4. The number of hydrogen-bond donors (Lipinski definition) is 5. The molecule has 0 aliphatic carbocycles. The minimum absolute atomic E-state index is 0.0807. The first-order chi connectivity index (χ1) is 32.7. The van der Waals surface area contributed by atoms with E-state index in [4.69, 9.17) is 20.3 Å². The molecule has 2 aromatic heterocycles. The third kappa shape index (κ3) is 15.2. The van der Waals surface area contributed by atoms with Gasteiger partial charge in [-0.25, -0.2) is 18.1 Å². The van der Waals surface area contributed by atoms with Crippen molar-refractivity contribution in [3.05, 3.63) is 132 Å². The number of alkyl halides is 6. The average Bonchev–Trinajstić information content (AvgIpc) is 4.11. The smallest absolute Gasteiger partial charge is 0.411 e. The summed E-state index contributed by atoms with van der Waals surface area (Å²) in [5, 5.41) is 24.7. The normalized spacial score (nSPS) is 15.6. The molecule has 2 aliphatic rings. The zero-order chi connectivity index (χ0) is 49.9. The van der Waals surface area contributed by atoms with Crippen molar-refractivity contribution in [1.29, 1.82) is 0 Å². The summed E-state index contributed by atoms with van der Waals surface area (Å²) < 4.78 is 113. The molecule has 69 heavy (non-hydrogen) atoms. The van der Waals surface area contributed by atoms with Crippen molar-refractivity contribution in [3.8, 4) is 33.9 Å². The Kier molecular flexibility index (Phi) is 16.5. The lowest BCUT2D eigenvalue weighted by molar-refractivity contribution is -0.177. The summed E-state index contributed by atoms with van der Waals surface area (Å²) in [4.78, 5) is 44.5. The Balaban J connectivity index is 0.000000196. The van der Waals surface area contributed by atoms with Crippen molar-refractivity contribution in [2.75, 3.05) is 37.4 Å². The topological polar surface area (TPSA) is 205 Å². The van der Waals surface area contributed by atoms with Crippen molar-refractivity contribution < 1.29 is 68.9 Å². The molecule has 0 radical (unpaired) electrons. The summed E-state index contributed by atoms with van der Waals surface area (Å²) in [7, 11) is 0. The Bertz CT molecular complexity index is 2740. The molecule has 15 nitrogen and oxygen atoms in total. The molecule has 4 heterocycles. The zero-order valence-corrected chi connectivity index (χ0v) is 36.0. The van der Waals surface area contributed by atoms with Crippen LogP contribution in [0.3, 0.4) is 0 Å². The number of halogens is 8. The highest BCUT2D eigenvalue weighted by molar-refractivity contribution is 5.97. The van der Waals surface area contributed by atoms with Crippen molar-refractivity contribution in [2.45, 2.75) is 38.4 Å². The van der Waals surface area contributed by atoms with Gasteiger partial charge in [0.2, 0.25) is 17.7 Å². The summed E-state index contributed by atoms with van der Waals surface area (Å²) in [6.45, 7) is -2.57. The molecule has 0 bridgehead atoms. The minimum Gasteiger partial charge on any atom is -0.481 e. The van der Waals surface area contributed by atoms with Crippen LogP contribution in [0.4, 0.5) is 46.8 Å². The fraction of sp³-hybridized carbons (Fsp3) is 0.261. The molecular weight excluding hydrogens is 929 g/mol. The molecule has 0 saturated carbocycles. The number of anilines is 2. The number of aliphatic carboxylic acids is 1. The fourth-order valence-corrected chi connectivity index (χ4v) is 6.82. The van der Waals surface area contributed by atoms with E-state index in [1.165, 1.54) is 41.1 Å². The predicted octanol–water partition coefficient (Wildman–Crippen LogP) is 7.38. The summed E-state index contributed by atoms with van der Waals surface area (Å²) in [5.41, 5.74) is 10.4. The van der Waals surface area contributed by atoms with E-state index < -0.39 is 49.2 Å². The lowest BCUT2D eigenvalue weighted by atomic mass is 10.1. The number of nitrogens with two attached hydrogens (primary N) is 1. The van der Waals surface area contributed by atoms with E-state index in [0.717, 1.165) is 0 Å². The number of nitrogen functional groups attached to an aromatic ring is 1. The van der Waals surface area contributed by atoms with E-state index in [-0.39, 0.29) is 74.3 Å². The number of nitrogens with one attached hydrogen (secondary N) is 3. The largest absolute Gasteiger partial charge is 0.481 e. The number of hydrogen-bond acceptors (Lipinski definition) is 9. The van der Waals surface area contributed by atoms with Gasteiger partial charge in [-0.05, 0) is 71.8 Å². The van der Waals surface area contributed by atoms with Crippen LogP contribution < -0.4 is 21.7 Å². The number of rotatable bonds is 13. The SMILES string of the molecule is Nc1cc(-c2cccc(COCC(F)(F)F)c2)n(-c2ccc(F)cc2)n1.O=C1C[C@H](C(=O)Nc2cc(-c3cccc(COCC(F)(F)F)c3)n(-c3ccc(F)cc3)n2)CN1.O=C1C[C@H](C(=O)O)CN1. The molecule has 23 heteroatoms. The van der Waals surface area contributed by atoms with E-state index in [0.29, 0.717) is 45.0 Å². The van der Waals surface area contributed by atoms with Gasteiger partial charge in [0.25, 0.3) is 0 Å². The van der Waals surface area contributed by atoms with Crippen LogP contribution in [0.15, 0.2) is 109 Å². The molecule has 0 spiro atoms. The number of ether oxygens (including phenoxy) is 2. The molecule has 3 amide bonds. The highest BCUT2D eigenvalue weighted by atomic mass is 19.4. The number of aromatic nitrogens is 4. The summed E-state index contributed by atoms with van der Waals surface area (Å²) in [5.74, 6) is -3.00. The molecule has 4 aromatic carbocycles. The van der Waals surface area contributed by atoms with Gasteiger partial charge < -0.3 is 36.3 Å². The third-order valence-electron chi connectivity index (χ3n) is 10.0. The standard InChI is InChI=1S/C23H20F4N4O3.C18H15F4N3O.C5H7NO3/c24-17-4-6-18(7-5-17)31-19(10-20(30-31)29-22(33)16-9-21(32)28-11-16)15-3-1-2-14(8-15)12-34-13-23(25,26)27;19-14-4-6-15(7-5-14)25-16(9-17(23)24-25)13-3-1-2-12(8-13)10-26-11-18(20,21)22;7-4-1-3(2-6-4)5(8)9/h1-8,10,16H,9,11-13H2,(H,28,32)(H,29,30,33);1-9H,10-11H2,(H2,23,24);3H,1-2H2,(H,6,7)(H,8,9)/t16-;;3-/m0.0/s1. The second-order valence-corrected chi connectivity index (χ2v) is 15.5. The molecular formula is C46H42F8N8O7. The van der Waals surface area contributed by atoms with Crippen molar-refractivity contribution in [2.24, 2.45) is 11.8 Å². The zero-order valence-electron chi connectivity index (χ0n) is 36.0. The number of carbonyl (C=O) groups is 4. The van der Waals surface area contributed by atoms with Crippen LogP contribution in [-0.2, 0) is 41.9 Å². The van der Waals surface area contributed by atoms with Gasteiger partial charge in [0, 0.05) is 49.2 Å². The Morgan fingerprint density at radius 2 is 1.12 bits per heavy atom. The molecule has 364 valence electrons. The van der Waals surface area contributed by atoms with Crippen LogP contribution in [0.1, 0.15) is 24.0 Å². The first-order valence-electron chi connectivity index (χ1n) is 20.7. The Hall–Kier alpha value is -7.66. The fourth-order valence-electron chi connectivity index (χ4n) is 6.82. The minimum atomic E-state index is -4.43. The van der Waals surface area contributed by atoms with E-state index in [9.17, 15) is 54.3 Å². The first-order valence-corrected chi connectivity index (χ1v) is 20.7. The van der Waals surface area contributed by atoms with Crippen LogP contribution in [-0.4, -0.2) is 87.0 Å². The molecule has 2 aliphatic heterocycles. The van der Waals surface area contributed by atoms with Gasteiger partial charge in [-0.15, -0.1) is 5.10 Å². The predicted molar refractivity (Wildman–Crippen MR) is 232 cm³/mol. The van der Waals surface area contributed by atoms with Crippen LogP contribution in [0, 0.1) is 23.5 Å². The van der Waals surface area contributed by atoms with Gasteiger partial charge in [0.1, 0.15) is 30.7 Å². The Morgan fingerprint density at radius 3 is 1.54 bits per heavy atom. The number of carboxylic acids is 1. The number of carboxylic acid groups (broad SMARTS) is 1. The van der Waals surface area contributed by atoms with E-state index in [2.05, 4.69) is 26.1 Å². The third-order valence-corrected chi connectivity index (χ3v) is 10.0.